The highest BCUT2D eigenvalue weighted by atomic mass is 32.2. The van der Waals surface area contributed by atoms with Gasteiger partial charge in [-0.05, 0) is 31.0 Å². The second-order valence-electron chi connectivity index (χ2n) is 12.9. The molecule has 0 atom stereocenters. The van der Waals surface area contributed by atoms with Gasteiger partial charge in [0.2, 0.25) is 11.8 Å². The average molecular weight is 759 g/mol. The van der Waals surface area contributed by atoms with E-state index < -0.39 is 16.8 Å². The molecule has 0 saturated heterocycles. The van der Waals surface area contributed by atoms with E-state index >= 15 is 0 Å². The fourth-order valence-corrected chi connectivity index (χ4v) is 6.87. The zero-order chi connectivity index (χ0) is 38.5. The second kappa shape index (κ2) is 19.6. The van der Waals surface area contributed by atoms with Crippen LogP contribution in [-0.2, 0) is 23.4 Å². The zero-order valence-corrected chi connectivity index (χ0v) is 31.4. The van der Waals surface area contributed by atoms with Gasteiger partial charge in [-0.1, -0.05) is 101 Å². The summed E-state index contributed by atoms with van der Waals surface area (Å²) in [5.74, 6) is -0.629. The maximum atomic E-state index is 13.3. The van der Waals surface area contributed by atoms with Gasteiger partial charge in [-0.3, -0.25) is 19.7 Å². The first-order valence-electron chi connectivity index (χ1n) is 18.4. The third kappa shape index (κ3) is 10.4. The number of amides is 1. The second-order valence-corrected chi connectivity index (χ2v) is 13.8. The number of hydrogen-bond acceptors (Lipinski definition) is 11. The molecule has 0 radical (unpaired) electrons. The van der Waals surface area contributed by atoms with Gasteiger partial charge in [0.25, 0.3) is 16.8 Å². The number of nitro benzene ring substituents is 1. The van der Waals surface area contributed by atoms with Crippen molar-refractivity contribution < 1.29 is 33.9 Å². The monoisotopic (exact) mass is 758 g/mol. The Bertz CT molecular complexity index is 2040. The van der Waals surface area contributed by atoms with Crippen LogP contribution in [-0.4, -0.2) is 53.5 Å². The normalized spacial score (nSPS) is 11.2. The number of unbranched alkanes of at least 4 members (excludes halogenated alkanes) is 8. The molecular formula is C39H46N6O8S. The van der Waals surface area contributed by atoms with E-state index in [1.165, 1.54) is 68.5 Å². The number of carbonyl (C=O) groups is 2. The minimum absolute atomic E-state index is 0.0785. The lowest BCUT2D eigenvalue weighted by Crippen LogP contribution is -2.26. The summed E-state index contributed by atoms with van der Waals surface area (Å²) in [5, 5.41) is 48.9. The fraction of sp³-hybridized carbons (Fsp3) is 0.410. The van der Waals surface area contributed by atoms with Crippen LogP contribution in [0.5, 0.6) is 17.4 Å². The summed E-state index contributed by atoms with van der Waals surface area (Å²) in [6, 6.07) is 14.3. The SMILES string of the molecule is CCCCCCCCCCCc1nn(-c2ccc([N+](=O)[O-])cc2)c(Oc2cc(C(=O)NCCC(=O)O)c(O)c3ccccc23)c1CSc1nnc(CC)o1. The minimum atomic E-state index is -1.07. The van der Waals surface area contributed by atoms with Crippen molar-refractivity contribution >= 4 is 40.1 Å². The van der Waals surface area contributed by atoms with Crippen LogP contribution in [0.2, 0.25) is 0 Å². The van der Waals surface area contributed by atoms with Gasteiger partial charge >= 0.3 is 5.97 Å². The molecule has 5 rings (SSSR count). The number of carbonyl (C=O) groups excluding carboxylic acids is 1. The number of hydrogen-bond donors (Lipinski definition) is 3. The number of rotatable bonds is 22. The van der Waals surface area contributed by atoms with E-state index in [-0.39, 0.29) is 35.7 Å². The number of thioether (sulfide) groups is 1. The van der Waals surface area contributed by atoms with E-state index in [0.717, 1.165) is 30.5 Å². The number of aromatic nitrogens is 4. The molecule has 286 valence electrons. The van der Waals surface area contributed by atoms with Crippen molar-refractivity contribution in [2.45, 2.75) is 102 Å². The van der Waals surface area contributed by atoms with Crippen LogP contribution in [0.4, 0.5) is 5.69 Å². The Morgan fingerprint density at radius 1 is 0.963 bits per heavy atom. The van der Waals surface area contributed by atoms with Gasteiger partial charge in [0.05, 0.1) is 28.3 Å². The highest BCUT2D eigenvalue weighted by molar-refractivity contribution is 7.98. The molecule has 2 aromatic heterocycles. The number of benzene rings is 3. The number of nitrogens with one attached hydrogen (secondary N) is 1. The third-order valence-electron chi connectivity index (χ3n) is 8.99. The summed E-state index contributed by atoms with van der Waals surface area (Å²) in [6.07, 6.45) is 11.4. The molecule has 0 spiro atoms. The van der Waals surface area contributed by atoms with Crippen LogP contribution >= 0.6 is 11.8 Å². The van der Waals surface area contributed by atoms with Crippen LogP contribution in [0.1, 0.15) is 106 Å². The smallest absolute Gasteiger partial charge is 0.305 e. The standard InChI is InChI=1S/C39H46N6O8S/c1-3-5-6-7-8-9-10-11-12-17-32-31(25-54-39-42-41-34(4-2)53-39)38(44(43-32)26-18-20-27(21-19-26)45(50)51)52-33-24-30(37(49)40-23-22-35(46)47)36(48)29-16-14-13-15-28(29)33/h13-16,18-21,24,48H,3-12,17,22-23,25H2,1-2H3,(H,40,49)(H,46,47). The quantitative estimate of drug-likeness (QED) is 0.0263. The van der Waals surface area contributed by atoms with E-state index in [0.29, 0.717) is 52.0 Å². The lowest BCUT2D eigenvalue weighted by Gasteiger charge is -2.16. The molecule has 5 aromatic rings. The highest BCUT2D eigenvalue weighted by Crippen LogP contribution is 2.41. The third-order valence-corrected chi connectivity index (χ3v) is 9.83. The predicted octanol–water partition coefficient (Wildman–Crippen LogP) is 8.95. The first-order valence-corrected chi connectivity index (χ1v) is 19.4. The van der Waals surface area contributed by atoms with Crippen molar-refractivity contribution in [3.63, 3.8) is 0 Å². The fourth-order valence-electron chi connectivity index (χ4n) is 6.06. The van der Waals surface area contributed by atoms with Crippen molar-refractivity contribution in [2.24, 2.45) is 0 Å². The van der Waals surface area contributed by atoms with Crippen molar-refractivity contribution in [1.29, 1.82) is 0 Å². The van der Waals surface area contributed by atoms with Gasteiger partial charge in [0, 0.05) is 47.2 Å². The maximum Gasteiger partial charge on any atom is 0.305 e. The van der Waals surface area contributed by atoms with Crippen LogP contribution in [0.15, 0.2) is 64.2 Å². The minimum Gasteiger partial charge on any atom is -0.506 e. The Kier molecular flexibility index (Phi) is 14.4. The van der Waals surface area contributed by atoms with Crippen molar-refractivity contribution in [3.8, 4) is 23.1 Å². The number of fused-ring (bicyclic) bond motifs is 1. The van der Waals surface area contributed by atoms with Gasteiger partial charge in [-0.2, -0.15) is 5.10 Å². The van der Waals surface area contributed by atoms with Crippen LogP contribution in [0.3, 0.4) is 0 Å². The summed E-state index contributed by atoms with van der Waals surface area (Å²) in [6.45, 7) is 4.00. The molecule has 0 saturated carbocycles. The van der Waals surface area contributed by atoms with E-state index in [4.69, 9.17) is 19.4 Å². The van der Waals surface area contributed by atoms with Gasteiger partial charge < -0.3 is 24.7 Å². The van der Waals surface area contributed by atoms with Gasteiger partial charge in [-0.25, -0.2) is 4.68 Å². The Labute approximate surface area is 317 Å². The Morgan fingerprint density at radius 2 is 1.65 bits per heavy atom. The number of aliphatic carboxylic acids is 1. The molecule has 3 aromatic carbocycles. The number of aryl methyl sites for hydroxylation is 2. The molecular weight excluding hydrogens is 713 g/mol. The molecule has 3 N–H and O–H groups in total. The molecule has 15 heteroatoms. The molecule has 0 aliphatic rings. The molecule has 0 aliphatic carbocycles. The van der Waals surface area contributed by atoms with Gasteiger partial charge in [0.15, 0.2) is 0 Å². The predicted molar refractivity (Wildman–Crippen MR) is 205 cm³/mol. The summed E-state index contributed by atoms with van der Waals surface area (Å²) in [5.41, 5.74) is 1.84. The molecule has 2 heterocycles. The summed E-state index contributed by atoms with van der Waals surface area (Å²) < 4.78 is 14.2. The van der Waals surface area contributed by atoms with E-state index in [9.17, 15) is 24.8 Å². The van der Waals surface area contributed by atoms with E-state index in [1.807, 2.05) is 6.92 Å². The van der Waals surface area contributed by atoms with Crippen LogP contribution in [0.25, 0.3) is 16.5 Å². The molecule has 1 amide bonds. The zero-order valence-electron chi connectivity index (χ0n) is 30.6. The van der Waals surface area contributed by atoms with E-state index in [2.05, 4.69) is 22.4 Å². The molecule has 54 heavy (non-hydrogen) atoms. The largest absolute Gasteiger partial charge is 0.506 e. The number of non-ortho nitro benzene ring substituents is 1. The molecule has 0 bridgehead atoms. The van der Waals surface area contributed by atoms with Gasteiger partial charge in [-0.15, -0.1) is 10.2 Å². The number of carboxylic acid groups (broad SMARTS) is 1. The Morgan fingerprint density at radius 3 is 2.30 bits per heavy atom. The number of nitro groups is 1. The number of aromatic hydroxyl groups is 1. The first-order chi connectivity index (χ1) is 26.2. The topological polar surface area (TPSA) is 196 Å². The van der Waals surface area contributed by atoms with Crippen molar-refractivity contribution in [2.75, 3.05) is 6.54 Å². The first kappa shape index (κ1) is 39.8. The van der Waals surface area contributed by atoms with Crippen LogP contribution < -0.4 is 10.1 Å². The highest BCUT2D eigenvalue weighted by Gasteiger charge is 2.25. The van der Waals surface area contributed by atoms with Gasteiger partial charge in [0.1, 0.15) is 11.5 Å². The van der Waals surface area contributed by atoms with Crippen LogP contribution in [0, 0.1) is 10.1 Å². The summed E-state index contributed by atoms with van der Waals surface area (Å²) >= 11 is 1.33. The Hall–Kier alpha value is -5.44. The molecule has 14 nitrogen and oxygen atoms in total. The van der Waals surface area contributed by atoms with Crippen molar-refractivity contribution in [1.82, 2.24) is 25.3 Å². The summed E-state index contributed by atoms with van der Waals surface area (Å²) in [4.78, 5) is 35.4. The number of carboxylic acids is 1. The molecule has 0 fully saturated rings. The van der Waals surface area contributed by atoms with E-state index in [1.54, 1.807) is 41.1 Å². The average Bonchev–Trinajstić information content (AvgIpc) is 3.78. The molecule has 0 unspecified atom stereocenters. The lowest BCUT2D eigenvalue weighted by molar-refractivity contribution is -0.384. The number of phenolic OH excluding ortho intramolecular Hbond substituents is 1. The number of nitrogens with zero attached hydrogens (tertiary/aromatic N) is 5. The number of phenols is 1. The summed E-state index contributed by atoms with van der Waals surface area (Å²) in [7, 11) is 0. The molecule has 0 aliphatic heterocycles. The number of ether oxygens (including phenoxy) is 1. The Balaban J connectivity index is 1.55. The maximum absolute atomic E-state index is 13.3. The lowest BCUT2D eigenvalue weighted by atomic mass is 10.0. The van der Waals surface area contributed by atoms with Crippen molar-refractivity contribution in [3.05, 3.63) is 87.4 Å².